The molecule has 27 heavy (non-hydrogen) atoms. The molecule has 0 aromatic heterocycles. The predicted octanol–water partition coefficient (Wildman–Crippen LogP) is 3.84. The molecule has 0 amide bonds. The fourth-order valence-corrected chi connectivity index (χ4v) is 3.67. The SMILES string of the molecule is CC(C)CCC(O)[C@@]1(O)C(O)=C(/C(CC(C)C)=N\O)C(=O)[C@@H]1CCC(C)C. The second-order valence-electron chi connectivity index (χ2n) is 9.07. The van der Waals surface area contributed by atoms with Crippen molar-refractivity contribution in [1.82, 2.24) is 0 Å². The van der Waals surface area contributed by atoms with E-state index in [1.54, 1.807) is 0 Å². The average Bonchev–Trinajstić information content (AvgIpc) is 2.76. The van der Waals surface area contributed by atoms with E-state index in [2.05, 4.69) is 5.16 Å². The molecule has 1 rings (SSSR count). The molecular formula is C21H37NO5. The monoisotopic (exact) mass is 383 g/mol. The second kappa shape index (κ2) is 9.69. The Labute approximate surface area is 163 Å². The molecule has 0 fully saturated rings. The second-order valence-corrected chi connectivity index (χ2v) is 9.07. The maximum atomic E-state index is 13.1. The summed E-state index contributed by atoms with van der Waals surface area (Å²) in [6.07, 6.45) is 0.969. The van der Waals surface area contributed by atoms with E-state index in [-0.39, 0.29) is 30.0 Å². The van der Waals surface area contributed by atoms with Crippen molar-refractivity contribution in [2.24, 2.45) is 28.8 Å². The number of carbonyl (C=O) groups excluding carboxylic acids is 1. The highest BCUT2D eigenvalue weighted by molar-refractivity contribution is 6.25. The summed E-state index contributed by atoms with van der Waals surface area (Å²) in [6, 6.07) is 0. The Morgan fingerprint density at radius 3 is 2.04 bits per heavy atom. The van der Waals surface area contributed by atoms with Gasteiger partial charge in [0.15, 0.2) is 11.4 Å². The van der Waals surface area contributed by atoms with Gasteiger partial charge in [0.05, 0.1) is 23.3 Å². The van der Waals surface area contributed by atoms with Crippen LogP contribution in [-0.2, 0) is 4.79 Å². The molecule has 0 aromatic carbocycles. The summed E-state index contributed by atoms with van der Waals surface area (Å²) in [5, 5.41) is 45.5. The third-order valence-corrected chi connectivity index (χ3v) is 5.28. The third-order valence-electron chi connectivity index (χ3n) is 5.28. The fraction of sp³-hybridized carbons (Fsp3) is 0.810. The van der Waals surface area contributed by atoms with Crippen LogP contribution in [0, 0.1) is 23.7 Å². The van der Waals surface area contributed by atoms with Gasteiger partial charge >= 0.3 is 0 Å². The Kier molecular flexibility index (Phi) is 8.48. The van der Waals surface area contributed by atoms with E-state index in [1.165, 1.54) is 0 Å². The molecule has 156 valence electrons. The molecule has 1 aliphatic carbocycles. The summed E-state index contributed by atoms with van der Waals surface area (Å²) in [5.41, 5.74) is -2.11. The minimum Gasteiger partial charge on any atom is -0.508 e. The lowest BCUT2D eigenvalue weighted by atomic mass is 9.78. The van der Waals surface area contributed by atoms with Crippen molar-refractivity contribution in [3.8, 4) is 0 Å². The molecule has 1 aliphatic rings. The zero-order valence-electron chi connectivity index (χ0n) is 17.6. The van der Waals surface area contributed by atoms with Crippen LogP contribution in [0.2, 0.25) is 0 Å². The van der Waals surface area contributed by atoms with Crippen molar-refractivity contribution in [2.75, 3.05) is 0 Å². The number of rotatable bonds is 10. The molecule has 1 unspecified atom stereocenters. The van der Waals surface area contributed by atoms with Crippen LogP contribution in [0.25, 0.3) is 0 Å². The van der Waals surface area contributed by atoms with E-state index >= 15 is 0 Å². The van der Waals surface area contributed by atoms with Gasteiger partial charge in [-0.2, -0.15) is 0 Å². The van der Waals surface area contributed by atoms with Crippen molar-refractivity contribution in [2.45, 2.75) is 85.4 Å². The number of hydrogen-bond acceptors (Lipinski definition) is 6. The average molecular weight is 384 g/mol. The zero-order valence-corrected chi connectivity index (χ0v) is 17.6. The normalized spacial score (nSPS) is 25.4. The molecule has 3 atom stereocenters. The highest BCUT2D eigenvalue weighted by atomic mass is 16.4. The highest BCUT2D eigenvalue weighted by Gasteiger charge is 2.57. The molecule has 0 aromatic rings. The van der Waals surface area contributed by atoms with Gasteiger partial charge in [0.1, 0.15) is 5.76 Å². The van der Waals surface area contributed by atoms with Gasteiger partial charge in [0, 0.05) is 0 Å². The van der Waals surface area contributed by atoms with Gasteiger partial charge in [-0.25, -0.2) is 0 Å². The molecular weight excluding hydrogens is 346 g/mol. The Morgan fingerprint density at radius 1 is 1.04 bits per heavy atom. The van der Waals surface area contributed by atoms with Gasteiger partial charge in [0.25, 0.3) is 0 Å². The minimum atomic E-state index is -2.04. The first kappa shape index (κ1) is 23.6. The summed E-state index contributed by atoms with van der Waals surface area (Å²) in [5.74, 6) is -1.23. The van der Waals surface area contributed by atoms with Gasteiger partial charge in [-0.05, 0) is 43.4 Å². The van der Waals surface area contributed by atoms with Crippen LogP contribution < -0.4 is 0 Å². The quantitative estimate of drug-likeness (QED) is 0.260. The number of aliphatic hydroxyl groups is 3. The number of allylic oxidation sites excluding steroid dienone is 1. The summed E-state index contributed by atoms with van der Waals surface area (Å²) in [7, 11) is 0. The molecule has 0 saturated heterocycles. The number of oxime groups is 1. The van der Waals surface area contributed by atoms with Gasteiger partial charge in [-0.3, -0.25) is 4.79 Å². The van der Waals surface area contributed by atoms with E-state index in [0.29, 0.717) is 31.1 Å². The van der Waals surface area contributed by atoms with Crippen LogP contribution in [0.1, 0.15) is 73.6 Å². The van der Waals surface area contributed by atoms with E-state index in [9.17, 15) is 25.3 Å². The van der Waals surface area contributed by atoms with Gasteiger partial charge < -0.3 is 20.5 Å². The molecule has 0 radical (unpaired) electrons. The maximum Gasteiger partial charge on any atom is 0.174 e. The van der Waals surface area contributed by atoms with Gasteiger partial charge in [-0.1, -0.05) is 53.1 Å². The van der Waals surface area contributed by atoms with Crippen molar-refractivity contribution < 1.29 is 25.3 Å². The molecule has 0 spiro atoms. The number of hydrogen-bond donors (Lipinski definition) is 4. The van der Waals surface area contributed by atoms with Crippen LogP contribution in [0.5, 0.6) is 0 Å². The van der Waals surface area contributed by atoms with Crippen molar-refractivity contribution in [3.05, 3.63) is 11.3 Å². The first-order valence-electron chi connectivity index (χ1n) is 10.1. The molecule has 6 nitrogen and oxygen atoms in total. The topological polar surface area (TPSA) is 110 Å². The third kappa shape index (κ3) is 5.32. The van der Waals surface area contributed by atoms with E-state index in [4.69, 9.17) is 0 Å². The molecule has 0 saturated carbocycles. The highest BCUT2D eigenvalue weighted by Crippen LogP contribution is 2.44. The Bertz CT molecular complexity index is 579. The largest absolute Gasteiger partial charge is 0.508 e. The van der Waals surface area contributed by atoms with Crippen molar-refractivity contribution in [1.29, 1.82) is 0 Å². The molecule has 4 N–H and O–H groups in total. The summed E-state index contributed by atoms with van der Waals surface area (Å²) in [6.45, 7) is 11.9. The number of ketones is 1. The standard InChI is InChI=1S/C21H37NO5/c1-12(2)7-9-15-19(24)18(16(22-27)11-14(5)6)20(25)21(15,26)17(23)10-8-13(3)4/h12-15,17,23,25-27H,7-11H2,1-6H3/b22-16-/t15-,17?,21+/m0/s1. The van der Waals surface area contributed by atoms with Crippen LogP contribution in [0.4, 0.5) is 0 Å². The number of nitrogens with zero attached hydrogens (tertiary/aromatic N) is 1. The summed E-state index contributed by atoms with van der Waals surface area (Å²) < 4.78 is 0. The van der Waals surface area contributed by atoms with E-state index in [0.717, 1.165) is 0 Å². The smallest absolute Gasteiger partial charge is 0.174 e. The minimum absolute atomic E-state index is 0.0639. The number of aliphatic hydroxyl groups excluding tert-OH is 2. The lowest BCUT2D eigenvalue weighted by molar-refractivity contribution is -0.137. The van der Waals surface area contributed by atoms with Gasteiger partial charge in [-0.15, -0.1) is 0 Å². The van der Waals surface area contributed by atoms with E-state index in [1.807, 2.05) is 41.5 Å². The first-order chi connectivity index (χ1) is 12.5. The number of Topliss-reactive ketones (excluding diaryl/α,β-unsaturated/α-hetero) is 1. The number of carbonyl (C=O) groups is 1. The predicted molar refractivity (Wildman–Crippen MR) is 106 cm³/mol. The molecule has 0 aliphatic heterocycles. The van der Waals surface area contributed by atoms with E-state index < -0.39 is 29.2 Å². The summed E-state index contributed by atoms with van der Waals surface area (Å²) in [4.78, 5) is 13.1. The Morgan fingerprint density at radius 2 is 1.59 bits per heavy atom. The Balaban J connectivity index is 3.34. The summed E-state index contributed by atoms with van der Waals surface area (Å²) >= 11 is 0. The first-order valence-corrected chi connectivity index (χ1v) is 10.1. The molecule has 6 heteroatoms. The fourth-order valence-electron chi connectivity index (χ4n) is 3.67. The van der Waals surface area contributed by atoms with Crippen molar-refractivity contribution in [3.63, 3.8) is 0 Å². The lowest BCUT2D eigenvalue weighted by Crippen LogP contribution is -2.49. The van der Waals surface area contributed by atoms with Crippen LogP contribution in [0.3, 0.4) is 0 Å². The maximum absolute atomic E-state index is 13.1. The van der Waals surface area contributed by atoms with Crippen LogP contribution in [-0.4, -0.2) is 43.7 Å². The van der Waals surface area contributed by atoms with Gasteiger partial charge in [0.2, 0.25) is 0 Å². The Hall–Kier alpha value is -1.40. The molecule has 0 heterocycles. The lowest BCUT2D eigenvalue weighted by Gasteiger charge is -2.34. The molecule has 0 bridgehead atoms. The van der Waals surface area contributed by atoms with Crippen LogP contribution in [0.15, 0.2) is 16.5 Å². The zero-order chi connectivity index (χ0) is 20.9. The van der Waals surface area contributed by atoms with Crippen molar-refractivity contribution >= 4 is 11.5 Å². The van der Waals surface area contributed by atoms with Crippen LogP contribution >= 0.6 is 0 Å².